The molecule has 1 aromatic heterocycles. The predicted octanol–water partition coefficient (Wildman–Crippen LogP) is 2.34. The van der Waals surface area contributed by atoms with Crippen LogP contribution in [0.4, 0.5) is 5.69 Å². The molecule has 1 heterocycles. The largest absolute Gasteiger partial charge is 0.340 e. The van der Waals surface area contributed by atoms with Gasteiger partial charge in [0.25, 0.3) is 0 Å². The summed E-state index contributed by atoms with van der Waals surface area (Å²) in [6, 6.07) is 18.7. The van der Waals surface area contributed by atoms with Gasteiger partial charge in [-0.1, -0.05) is 41.9 Å². The summed E-state index contributed by atoms with van der Waals surface area (Å²) in [6.07, 6.45) is 4.46. The summed E-state index contributed by atoms with van der Waals surface area (Å²) in [4.78, 5) is 25.9. The van der Waals surface area contributed by atoms with E-state index in [4.69, 9.17) is 16.7 Å². The lowest BCUT2D eigenvalue weighted by Gasteiger charge is -2.18. The molecule has 194 valence electrons. The summed E-state index contributed by atoms with van der Waals surface area (Å²) in [6.45, 7) is 0. The van der Waals surface area contributed by atoms with Crippen LogP contribution in [0.15, 0.2) is 90.1 Å². The molecule has 4 aromatic rings. The molecule has 0 aliphatic carbocycles. The van der Waals surface area contributed by atoms with Gasteiger partial charge in [0.15, 0.2) is 0 Å². The van der Waals surface area contributed by atoms with Gasteiger partial charge in [-0.25, -0.2) is 13.6 Å². The van der Waals surface area contributed by atoms with Crippen molar-refractivity contribution >= 4 is 45.2 Å². The van der Waals surface area contributed by atoms with Crippen LogP contribution in [-0.4, -0.2) is 46.5 Å². The minimum absolute atomic E-state index is 0.0863. The first kappa shape index (κ1) is 26.7. The Labute approximate surface area is 223 Å². The minimum atomic E-state index is -3.87. The van der Waals surface area contributed by atoms with E-state index in [-0.39, 0.29) is 11.3 Å². The van der Waals surface area contributed by atoms with Crippen LogP contribution in [0.1, 0.15) is 11.1 Å². The predicted molar refractivity (Wildman–Crippen MR) is 142 cm³/mol. The highest BCUT2D eigenvalue weighted by molar-refractivity contribution is 7.89. The van der Waals surface area contributed by atoms with E-state index < -0.39 is 27.9 Å². The fourth-order valence-electron chi connectivity index (χ4n) is 3.54. The summed E-state index contributed by atoms with van der Waals surface area (Å²) < 4.78 is 24.4. The number of aromatic nitrogens is 4. The average molecular weight is 552 g/mol. The van der Waals surface area contributed by atoms with E-state index in [1.165, 1.54) is 41.4 Å². The molecule has 0 radical (unpaired) electrons. The third-order valence-corrected chi connectivity index (χ3v) is 6.53. The van der Waals surface area contributed by atoms with Crippen LogP contribution in [0, 0.1) is 0 Å². The van der Waals surface area contributed by atoms with E-state index in [1.54, 1.807) is 24.3 Å². The quantitative estimate of drug-likeness (QED) is 0.269. The Hall–Kier alpha value is -4.39. The van der Waals surface area contributed by atoms with Crippen LogP contribution in [0.25, 0.3) is 11.8 Å². The van der Waals surface area contributed by atoms with E-state index in [1.807, 2.05) is 30.3 Å². The normalized spacial score (nSPS) is 12.3. The maximum absolute atomic E-state index is 13.1. The molecule has 0 saturated heterocycles. The number of hydrogen-bond donors (Lipinski definition) is 3. The monoisotopic (exact) mass is 551 g/mol. The smallest absolute Gasteiger partial charge is 0.247 e. The van der Waals surface area contributed by atoms with Crippen molar-refractivity contribution in [3.63, 3.8) is 0 Å². The van der Waals surface area contributed by atoms with Crippen LogP contribution >= 0.6 is 11.6 Å². The van der Waals surface area contributed by atoms with Crippen LogP contribution in [0.3, 0.4) is 0 Å². The van der Waals surface area contributed by atoms with Crippen molar-refractivity contribution in [2.45, 2.75) is 17.4 Å². The van der Waals surface area contributed by atoms with Gasteiger partial charge in [0.2, 0.25) is 21.8 Å². The Morgan fingerprint density at radius 3 is 2.45 bits per heavy atom. The number of nitrogens with one attached hydrogen (secondary N) is 2. The minimum Gasteiger partial charge on any atom is -0.340 e. The van der Waals surface area contributed by atoms with Crippen molar-refractivity contribution in [3.8, 4) is 5.69 Å². The summed E-state index contributed by atoms with van der Waals surface area (Å²) in [5.41, 5.74) is 2.36. The first-order valence-electron chi connectivity index (χ1n) is 11.2. The van der Waals surface area contributed by atoms with Gasteiger partial charge >= 0.3 is 0 Å². The molecule has 4 N–H and O–H groups in total. The lowest BCUT2D eigenvalue weighted by molar-refractivity contribution is -0.123. The number of anilines is 1. The molecule has 2 amide bonds. The Bertz CT molecular complexity index is 1560. The zero-order chi connectivity index (χ0) is 27.1. The van der Waals surface area contributed by atoms with Crippen LogP contribution < -0.4 is 15.8 Å². The number of carbonyl (C=O) groups is 2. The molecule has 4 rings (SSSR count). The van der Waals surface area contributed by atoms with Crippen LogP contribution in [0.2, 0.25) is 5.02 Å². The Kier molecular flexibility index (Phi) is 8.26. The average Bonchev–Trinajstić information content (AvgIpc) is 3.42. The topological polar surface area (TPSA) is 162 Å². The number of nitrogens with two attached hydrogens (primary N) is 1. The molecule has 1 unspecified atom stereocenters. The second-order valence-corrected chi connectivity index (χ2v) is 10.1. The fourth-order valence-corrected chi connectivity index (χ4v) is 4.24. The van der Waals surface area contributed by atoms with Gasteiger partial charge in [-0.15, -0.1) is 5.10 Å². The van der Waals surface area contributed by atoms with Gasteiger partial charge in [-0.3, -0.25) is 9.59 Å². The van der Waals surface area contributed by atoms with Crippen molar-refractivity contribution in [3.05, 3.63) is 101 Å². The SMILES string of the molecule is NS(=O)(=O)c1ccc(NC(=O)C(Cc2ccccc2)NC(=O)/C=C/c2cc(Cl)ccc2-n2cnnn2)cc1. The zero-order valence-corrected chi connectivity index (χ0v) is 21.3. The summed E-state index contributed by atoms with van der Waals surface area (Å²) in [5.74, 6) is -1.01. The second-order valence-electron chi connectivity index (χ2n) is 8.10. The zero-order valence-electron chi connectivity index (χ0n) is 19.7. The van der Waals surface area contributed by atoms with E-state index in [0.29, 0.717) is 22.0 Å². The molecule has 11 nitrogen and oxygen atoms in total. The molecular weight excluding hydrogens is 530 g/mol. The van der Waals surface area contributed by atoms with Gasteiger partial charge in [0, 0.05) is 28.8 Å². The Morgan fingerprint density at radius 1 is 1.05 bits per heavy atom. The number of sulfonamides is 1. The Balaban J connectivity index is 1.52. The third kappa shape index (κ3) is 7.09. The lowest BCUT2D eigenvalue weighted by Crippen LogP contribution is -2.44. The number of nitrogens with zero attached hydrogens (tertiary/aromatic N) is 4. The summed E-state index contributed by atoms with van der Waals surface area (Å²) in [5, 5.41) is 22.1. The molecule has 0 bridgehead atoms. The van der Waals surface area contributed by atoms with Crippen LogP contribution in [-0.2, 0) is 26.0 Å². The molecule has 3 aromatic carbocycles. The number of benzene rings is 3. The highest BCUT2D eigenvalue weighted by atomic mass is 35.5. The molecule has 0 aliphatic heterocycles. The number of hydrogen-bond acceptors (Lipinski definition) is 7. The van der Waals surface area contributed by atoms with Crippen molar-refractivity contribution < 1.29 is 18.0 Å². The first-order chi connectivity index (χ1) is 18.2. The van der Waals surface area contributed by atoms with Gasteiger partial charge in [0.1, 0.15) is 12.4 Å². The second kappa shape index (κ2) is 11.8. The van der Waals surface area contributed by atoms with E-state index in [0.717, 1.165) is 5.56 Å². The third-order valence-electron chi connectivity index (χ3n) is 5.37. The molecule has 0 aliphatic rings. The Morgan fingerprint density at radius 2 is 1.79 bits per heavy atom. The van der Waals surface area contributed by atoms with Gasteiger partial charge in [0.05, 0.1) is 10.6 Å². The molecule has 1 atom stereocenters. The molecule has 0 saturated carbocycles. The van der Waals surface area contributed by atoms with E-state index in [2.05, 4.69) is 26.2 Å². The fraction of sp³-hybridized carbons (Fsp3) is 0.0800. The number of primary sulfonamides is 1. The molecule has 38 heavy (non-hydrogen) atoms. The van der Waals surface area contributed by atoms with Gasteiger partial charge in [-0.05, 0) is 64.5 Å². The molecule has 13 heteroatoms. The highest BCUT2D eigenvalue weighted by Gasteiger charge is 2.21. The van der Waals surface area contributed by atoms with Crippen LogP contribution in [0.5, 0.6) is 0 Å². The number of tetrazole rings is 1. The van der Waals surface area contributed by atoms with Crippen molar-refractivity contribution in [2.75, 3.05) is 5.32 Å². The molecule has 0 spiro atoms. The summed E-state index contributed by atoms with van der Waals surface area (Å²) >= 11 is 6.13. The summed E-state index contributed by atoms with van der Waals surface area (Å²) in [7, 11) is -3.87. The molecular formula is C25H22ClN7O4S. The number of halogens is 1. The van der Waals surface area contributed by atoms with E-state index >= 15 is 0 Å². The van der Waals surface area contributed by atoms with E-state index in [9.17, 15) is 18.0 Å². The highest BCUT2D eigenvalue weighted by Crippen LogP contribution is 2.20. The first-order valence-corrected chi connectivity index (χ1v) is 13.1. The van der Waals surface area contributed by atoms with Crippen molar-refractivity contribution in [1.29, 1.82) is 0 Å². The van der Waals surface area contributed by atoms with Gasteiger partial charge in [-0.2, -0.15) is 4.68 Å². The van der Waals surface area contributed by atoms with Gasteiger partial charge < -0.3 is 10.6 Å². The van der Waals surface area contributed by atoms with Crippen molar-refractivity contribution in [2.24, 2.45) is 5.14 Å². The maximum Gasteiger partial charge on any atom is 0.247 e. The maximum atomic E-state index is 13.1. The molecule has 0 fully saturated rings. The lowest BCUT2D eigenvalue weighted by atomic mass is 10.0. The number of rotatable bonds is 9. The standard InChI is InChI=1S/C25H22ClN7O4S/c26-19-7-12-23(33-16-28-31-32-33)18(15-19)6-13-24(34)30-22(14-17-4-2-1-3-5-17)25(35)29-20-8-10-21(11-9-20)38(27,36)37/h1-13,15-16,22H,14H2,(H,29,35)(H,30,34)(H2,27,36,37)/b13-6+. The van der Waals surface area contributed by atoms with Crippen molar-refractivity contribution in [1.82, 2.24) is 25.5 Å². The number of amides is 2. The number of carbonyl (C=O) groups excluding carboxylic acids is 2.